The van der Waals surface area contributed by atoms with Gasteiger partial charge in [0, 0.05) is 41.5 Å². The van der Waals surface area contributed by atoms with Crippen LogP contribution in [0.2, 0.25) is 5.02 Å². The number of carbonyl (C=O) groups excluding carboxylic acids is 3. The van der Waals surface area contributed by atoms with Crippen LogP contribution in [-0.4, -0.2) is 46.3 Å². The number of aromatic nitrogens is 6. The molecule has 0 aliphatic carbocycles. The van der Waals surface area contributed by atoms with Crippen molar-refractivity contribution in [1.29, 1.82) is 0 Å². The first kappa shape index (κ1) is 31.6. The Balaban J connectivity index is 1.37. The monoisotopic (exact) mass is 674 g/mol. The van der Waals surface area contributed by atoms with Crippen LogP contribution in [0, 0.1) is 11.6 Å². The Morgan fingerprint density at radius 2 is 1.83 bits per heavy atom. The van der Waals surface area contributed by atoms with Gasteiger partial charge in [-0.1, -0.05) is 24.6 Å². The van der Waals surface area contributed by atoms with Crippen molar-refractivity contribution < 1.29 is 23.2 Å². The Morgan fingerprint density at radius 3 is 2.55 bits per heavy atom. The Hall–Kier alpha value is -5.34. The number of fused-ring (bicyclic) bond motifs is 1. The summed E-state index contributed by atoms with van der Waals surface area (Å²) in [5.74, 6) is -3.20. The van der Waals surface area contributed by atoms with Crippen molar-refractivity contribution in [3.63, 3.8) is 0 Å². The van der Waals surface area contributed by atoms with Crippen molar-refractivity contribution in [2.24, 2.45) is 0 Å². The molecule has 6 aromatic rings. The number of nitrogens with one attached hydrogen (secondary N) is 2. The van der Waals surface area contributed by atoms with Crippen molar-refractivity contribution in [1.82, 2.24) is 34.0 Å². The van der Waals surface area contributed by atoms with Gasteiger partial charge in [0.1, 0.15) is 23.1 Å². The number of rotatable bonds is 10. The van der Waals surface area contributed by atoms with Crippen LogP contribution < -0.4 is 10.6 Å². The fourth-order valence-corrected chi connectivity index (χ4v) is 6.14. The van der Waals surface area contributed by atoms with Crippen LogP contribution in [0.25, 0.3) is 15.9 Å². The van der Waals surface area contributed by atoms with Gasteiger partial charge < -0.3 is 15.2 Å². The number of carbonyl (C=O) groups is 3. The largest absolute Gasteiger partial charge is 0.345 e. The summed E-state index contributed by atoms with van der Waals surface area (Å²) in [7, 11) is 0. The second-order valence-electron chi connectivity index (χ2n) is 10.6. The maximum absolute atomic E-state index is 14.4. The normalized spacial score (nSPS) is 11.9. The molecule has 2 N–H and O–H groups in total. The summed E-state index contributed by atoms with van der Waals surface area (Å²) in [5.41, 5.74) is 1.19. The fraction of sp³-hybridized carbons (Fsp3) is 0.156. The van der Waals surface area contributed by atoms with E-state index in [0.717, 1.165) is 11.5 Å². The second-order valence-corrected chi connectivity index (χ2v) is 11.8. The summed E-state index contributed by atoms with van der Waals surface area (Å²) in [5, 5.41) is 10.1. The van der Waals surface area contributed by atoms with E-state index in [1.54, 1.807) is 48.4 Å². The molecule has 0 unspecified atom stereocenters. The number of hydrogen-bond donors (Lipinski definition) is 2. The molecule has 0 aliphatic heterocycles. The molecule has 0 saturated heterocycles. The SMILES string of the molecule is CC(=O)Cn1c(C(=O)NCc2ccc(-n3cccn3)nc2)nc(NC(=O)c2nsc3ccc(F)cc23)c1[C@H](C)c1cc(F)ccc1Cl. The van der Waals surface area contributed by atoms with E-state index in [2.05, 4.69) is 30.1 Å². The number of amides is 2. The van der Waals surface area contributed by atoms with Gasteiger partial charge in [-0.05, 0) is 78.1 Å². The predicted octanol–water partition coefficient (Wildman–Crippen LogP) is 5.93. The molecule has 2 amide bonds. The first-order valence-electron chi connectivity index (χ1n) is 14.2. The van der Waals surface area contributed by atoms with Gasteiger partial charge in [-0.3, -0.25) is 14.4 Å². The van der Waals surface area contributed by atoms with Crippen LogP contribution in [-0.2, 0) is 17.9 Å². The van der Waals surface area contributed by atoms with E-state index in [9.17, 15) is 23.2 Å². The third-order valence-electron chi connectivity index (χ3n) is 7.31. The van der Waals surface area contributed by atoms with Crippen LogP contribution in [0.4, 0.5) is 14.6 Å². The van der Waals surface area contributed by atoms with Crippen molar-refractivity contribution in [3.05, 3.63) is 118 Å². The number of imidazole rings is 1. The van der Waals surface area contributed by atoms with Crippen molar-refractivity contribution >= 4 is 56.6 Å². The van der Waals surface area contributed by atoms with Gasteiger partial charge in [-0.25, -0.2) is 23.4 Å². The quantitative estimate of drug-likeness (QED) is 0.184. The lowest BCUT2D eigenvalue weighted by molar-refractivity contribution is -0.117. The molecule has 4 heterocycles. The van der Waals surface area contributed by atoms with Gasteiger partial charge in [0.2, 0.25) is 5.82 Å². The van der Waals surface area contributed by atoms with E-state index < -0.39 is 29.4 Å². The number of halogens is 3. The fourth-order valence-electron chi connectivity index (χ4n) is 5.11. The number of hydrogen-bond acceptors (Lipinski definition) is 8. The average Bonchev–Trinajstić information content (AvgIpc) is 3.80. The van der Waals surface area contributed by atoms with E-state index in [0.29, 0.717) is 27.0 Å². The third kappa shape index (κ3) is 6.64. The van der Waals surface area contributed by atoms with E-state index in [1.807, 2.05) is 0 Å². The van der Waals surface area contributed by atoms with E-state index in [-0.39, 0.29) is 46.9 Å². The lowest BCUT2D eigenvalue weighted by Crippen LogP contribution is -2.28. The van der Waals surface area contributed by atoms with Crippen molar-refractivity contribution in [2.45, 2.75) is 32.9 Å². The van der Waals surface area contributed by atoms with Crippen LogP contribution in [0.1, 0.15) is 57.7 Å². The molecule has 238 valence electrons. The van der Waals surface area contributed by atoms with Gasteiger partial charge in [-0.2, -0.15) is 9.47 Å². The lowest BCUT2D eigenvalue weighted by atomic mass is 9.96. The molecular weight excluding hydrogens is 650 g/mol. The Bertz CT molecular complexity index is 2130. The Labute approximate surface area is 275 Å². The Kier molecular flexibility index (Phi) is 8.87. The van der Waals surface area contributed by atoms with Crippen molar-refractivity contribution in [3.8, 4) is 5.82 Å². The molecule has 0 saturated carbocycles. The molecule has 47 heavy (non-hydrogen) atoms. The summed E-state index contributed by atoms with van der Waals surface area (Å²) in [6, 6.07) is 13.1. The highest BCUT2D eigenvalue weighted by molar-refractivity contribution is 7.13. The maximum atomic E-state index is 14.4. The molecular formula is C32H25ClF2N8O3S. The zero-order valence-electron chi connectivity index (χ0n) is 24.9. The molecule has 15 heteroatoms. The van der Waals surface area contributed by atoms with Crippen LogP contribution in [0.15, 0.2) is 73.2 Å². The van der Waals surface area contributed by atoms with Crippen molar-refractivity contribution in [2.75, 3.05) is 5.32 Å². The molecule has 2 aromatic carbocycles. The smallest absolute Gasteiger partial charge is 0.287 e. The van der Waals surface area contributed by atoms with Gasteiger partial charge in [0.15, 0.2) is 11.6 Å². The van der Waals surface area contributed by atoms with Gasteiger partial charge in [0.25, 0.3) is 11.8 Å². The summed E-state index contributed by atoms with van der Waals surface area (Å²) < 4.78 is 36.2. The van der Waals surface area contributed by atoms with E-state index in [4.69, 9.17) is 11.6 Å². The minimum absolute atomic E-state index is 0.0509. The topological polar surface area (TPSA) is 137 Å². The number of pyridine rings is 1. The first-order valence-corrected chi connectivity index (χ1v) is 15.4. The van der Waals surface area contributed by atoms with E-state index >= 15 is 0 Å². The number of Topliss-reactive ketones (excluding diaryl/α,β-unsaturated/α-hetero) is 1. The number of anilines is 1. The minimum atomic E-state index is -0.759. The molecule has 1 atom stereocenters. The average molecular weight is 675 g/mol. The number of ketones is 1. The molecule has 11 nitrogen and oxygen atoms in total. The molecule has 0 aliphatic rings. The first-order chi connectivity index (χ1) is 22.6. The maximum Gasteiger partial charge on any atom is 0.287 e. The highest BCUT2D eigenvalue weighted by Crippen LogP contribution is 2.36. The lowest BCUT2D eigenvalue weighted by Gasteiger charge is -2.19. The number of benzene rings is 2. The summed E-state index contributed by atoms with van der Waals surface area (Å²) in [6.45, 7) is 2.80. The zero-order valence-corrected chi connectivity index (χ0v) is 26.4. The van der Waals surface area contributed by atoms with Gasteiger partial charge in [0.05, 0.1) is 16.9 Å². The highest BCUT2D eigenvalue weighted by atomic mass is 35.5. The molecule has 6 rings (SSSR count). The minimum Gasteiger partial charge on any atom is -0.345 e. The standard InChI is InChI=1S/C32H25ClF2N8O3S/c1-17(44)16-42-28(18(2)22-12-20(34)5-7-24(22)33)29(40-31(45)27-23-13-21(35)6-8-25(23)47-41-27)39-30(42)32(46)37-15-19-4-9-26(36-14-19)43-11-3-10-38-43/h3-14,18H,15-16H2,1-2H3,(H,37,46)(H,40,45)/t18-/m1/s1. The molecule has 0 radical (unpaired) electrons. The molecule has 0 fully saturated rings. The van der Waals surface area contributed by atoms with Gasteiger partial charge in [-0.15, -0.1) is 0 Å². The second kappa shape index (κ2) is 13.2. The summed E-state index contributed by atoms with van der Waals surface area (Å²) >= 11 is 7.48. The summed E-state index contributed by atoms with van der Waals surface area (Å²) in [6.07, 6.45) is 4.97. The zero-order chi connectivity index (χ0) is 33.2. The third-order valence-corrected chi connectivity index (χ3v) is 8.48. The number of nitrogens with zero attached hydrogens (tertiary/aromatic N) is 6. The predicted molar refractivity (Wildman–Crippen MR) is 172 cm³/mol. The summed E-state index contributed by atoms with van der Waals surface area (Å²) in [4.78, 5) is 48.6. The molecule has 0 spiro atoms. The molecule has 4 aromatic heterocycles. The Morgan fingerprint density at radius 1 is 1.04 bits per heavy atom. The van der Waals surface area contributed by atoms with Crippen LogP contribution in [0.3, 0.4) is 0 Å². The van der Waals surface area contributed by atoms with Crippen LogP contribution >= 0.6 is 23.1 Å². The van der Waals surface area contributed by atoms with E-state index in [1.165, 1.54) is 47.9 Å². The van der Waals surface area contributed by atoms with Gasteiger partial charge >= 0.3 is 0 Å². The highest BCUT2D eigenvalue weighted by Gasteiger charge is 2.30. The molecule has 0 bridgehead atoms. The van der Waals surface area contributed by atoms with Crippen LogP contribution in [0.5, 0.6) is 0 Å².